The smallest absolute Gasteiger partial charge is 0.726 e. The van der Waals surface area contributed by atoms with E-state index in [1.807, 2.05) is 6.08 Å². The Bertz CT molecular complexity index is 424. The zero-order valence-electron chi connectivity index (χ0n) is 18.1. The van der Waals surface area contributed by atoms with E-state index in [0.717, 1.165) is 32.1 Å². The van der Waals surface area contributed by atoms with Crippen LogP contribution in [0.15, 0.2) is 12.2 Å². The van der Waals surface area contributed by atoms with E-state index < -0.39 is 10.4 Å². The van der Waals surface area contributed by atoms with Gasteiger partial charge in [-0.25, -0.2) is 8.42 Å². The summed E-state index contributed by atoms with van der Waals surface area (Å²) in [6, 6.07) is 0. The first kappa shape index (κ1) is 29.8. The summed E-state index contributed by atoms with van der Waals surface area (Å²) in [6.07, 6.45) is 22.5. The maximum atomic E-state index is 10.7. The van der Waals surface area contributed by atoms with Gasteiger partial charge in [-0.3, -0.25) is 4.18 Å². The molecular weight excluding hydrogens is 371 g/mol. The molecule has 0 amide bonds. The van der Waals surface area contributed by atoms with Gasteiger partial charge in [0.25, 0.3) is 0 Å². The van der Waals surface area contributed by atoms with Gasteiger partial charge in [-0.15, -0.1) is 0 Å². The molecule has 0 aliphatic rings. The molecule has 0 saturated carbocycles. The molecule has 1 atom stereocenters. The molecule has 0 spiro atoms. The topological polar surface area (TPSA) is 66.4 Å². The molecule has 0 heterocycles. The van der Waals surface area contributed by atoms with Crippen LogP contribution in [0.3, 0.4) is 0 Å². The average Bonchev–Trinajstić information content (AvgIpc) is 2.59. The van der Waals surface area contributed by atoms with Crippen molar-refractivity contribution in [2.24, 2.45) is 5.92 Å². The Labute approximate surface area is 191 Å². The normalized spacial score (nSPS) is 13.0. The van der Waals surface area contributed by atoms with Crippen molar-refractivity contribution in [2.45, 2.75) is 110 Å². The van der Waals surface area contributed by atoms with E-state index in [2.05, 4.69) is 24.1 Å². The molecule has 0 aliphatic heterocycles. The fourth-order valence-electron chi connectivity index (χ4n) is 3.09. The first-order valence-electron chi connectivity index (χ1n) is 10.8. The molecular formula is C21H41NaO4S. The molecule has 0 bridgehead atoms. The molecule has 0 aromatic carbocycles. The van der Waals surface area contributed by atoms with Gasteiger partial charge in [-0.1, -0.05) is 109 Å². The van der Waals surface area contributed by atoms with E-state index in [-0.39, 0.29) is 42.1 Å². The third-order valence-electron chi connectivity index (χ3n) is 4.74. The second-order valence-electron chi connectivity index (χ2n) is 7.35. The number of hydrogen-bond donors (Lipinski definition) is 0. The predicted octanol–water partition coefficient (Wildman–Crippen LogP) is 3.53. The summed E-state index contributed by atoms with van der Waals surface area (Å²) in [5, 5.41) is 0. The molecule has 0 saturated heterocycles. The van der Waals surface area contributed by atoms with E-state index in [0.29, 0.717) is 0 Å². The number of allylic oxidation sites excluding steroid dienone is 1. The number of unbranched alkanes of at least 4 members (excludes halogenated alkanes) is 12. The monoisotopic (exact) mass is 412 g/mol. The minimum atomic E-state index is -4.59. The van der Waals surface area contributed by atoms with Crippen molar-refractivity contribution in [3.63, 3.8) is 0 Å². The van der Waals surface area contributed by atoms with Gasteiger partial charge in [-0.2, -0.15) is 0 Å². The number of hydrogen-bond acceptors (Lipinski definition) is 4. The summed E-state index contributed by atoms with van der Waals surface area (Å²) in [7, 11) is -4.59. The molecule has 27 heavy (non-hydrogen) atoms. The Balaban J connectivity index is 0. The minimum absolute atomic E-state index is 0. The van der Waals surface area contributed by atoms with Crippen molar-refractivity contribution in [1.82, 2.24) is 0 Å². The van der Waals surface area contributed by atoms with E-state index in [9.17, 15) is 13.0 Å². The molecule has 6 heteroatoms. The zero-order chi connectivity index (χ0) is 19.5. The van der Waals surface area contributed by atoms with Crippen LogP contribution in [0.2, 0.25) is 0 Å². The second kappa shape index (κ2) is 21.3. The second-order valence-corrected chi connectivity index (χ2v) is 8.40. The Hall–Kier alpha value is 0.610. The number of rotatable bonds is 19. The third-order valence-corrected chi connectivity index (χ3v) is 5.16. The molecule has 0 radical (unpaired) electrons. The van der Waals surface area contributed by atoms with Crippen LogP contribution in [-0.2, 0) is 14.6 Å². The quantitative estimate of drug-likeness (QED) is 0.107. The Morgan fingerprint density at radius 3 is 1.78 bits per heavy atom. The van der Waals surface area contributed by atoms with Gasteiger partial charge in [0, 0.05) is 5.92 Å². The Kier molecular flexibility index (Phi) is 23.5. The van der Waals surface area contributed by atoms with Crippen LogP contribution in [0.5, 0.6) is 0 Å². The van der Waals surface area contributed by atoms with Gasteiger partial charge in [0.1, 0.15) is 0 Å². The molecule has 1 unspecified atom stereocenters. The van der Waals surface area contributed by atoms with Crippen molar-refractivity contribution in [2.75, 3.05) is 6.61 Å². The van der Waals surface area contributed by atoms with Crippen LogP contribution in [0, 0.1) is 5.92 Å². The minimum Gasteiger partial charge on any atom is -0.726 e. The third kappa shape index (κ3) is 24.6. The summed E-state index contributed by atoms with van der Waals surface area (Å²) in [4.78, 5) is 0. The summed E-state index contributed by atoms with van der Waals surface area (Å²) >= 11 is 0. The molecule has 0 aromatic rings. The Morgan fingerprint density at radius 2 is 1.30 bits per heavy atom. The maximum Gasteiger partial charge on any atom is 1.00 e. The fourth-order valence-corrected chi connectivity index (χ4v) is 3.43. The molecule has 0 fully saturated rings. The molecule has 0 aliphatic carbocycles. The van der Waals surface area contributed by atoms with Crippen LogP contribution >= 0.6 is 0 Å². The van der Waals surface area contributed by atoms with Crippen LogP contribution in [0.25, 0.3) is 0 Å². The summed E-state index contributed by atoms with van der Waals surface area (Å²) < 4.78 is 36.5. The van der Waals surface area contributed by atoms with Crippen molar-refractivity contribution < 1.29 is 46.7 Å². The fraction of sp³-hybridized carbons (Fsp3) is 0.905. The standard InChI is InChI=1S/C21H42O4S.Na/c1-3-5-7-9-10-11-12-13-14-15-17-19-21(18-16-8-6-4-2)20-25-26(22,23)24;/h16,18,21H,3-15,17,19-20H2,1-2H3,(H,22,23,24);/q;+1/p-1/b18-16+;. The zero-order valence-corrected chi connectivity index (χ0v) is 20.9. The first-order valence-corrected chi connectivity index (χ1v) is 12.1. The summed E-state index contributed by atoms with van der Waals surface area (Å²) in [5.41, 5.74) is 0. The van der Waals surface area contributed by atoms with Crippen molar-refractivity contribution in [3.05, 3.63) is 12.2 Å². The molecule has 0 aromatic heterocycles. The van der Waals surface area contributed by atoms with Crippen LogP contribution < -0.4 is 29.6 Å². The van der Waals surface area contributed by atoms with Crippen LogP contribution in [0.4, 0.5) is 0 Å². The predicted molar refractivity (Wildman–Crippen MR) is 109 cm³/mol. The maximum absolute atomic E-state index is 10.7. The molecule has 4 nitrogen and oxygen atoms in total. The van der Waals surface area contributed by atoms with Crippen LogP contribution in [0.1, 0.15) is 110 Å². The SMILES string of the molecule is CCCC/C=C/C(CCCCCCCCCCCCC)COS(=O)(=O)[O-].[Na+]. The van der Waals surface area contributed by atoms with Gasteiger partial charge < -0.3 is 4.55 Å². The van der Waals surface area contributed by atoms with Gasteiger partial charge in [0.2, 0.25) is 10.4 Å². The summed E-state index contributed by atoms with van der Waals surface area (Å²) in [6.45, 7) is 4.37. The van der Waals surface area contributed by atoms with E-state index >= 15 is 0 Å². The van der Waals surface area contributed by atoms with Crippen molar-refractivity contribution in [3.8, 4) is 0 Å². The van der Waals surface area contributed by atoms with Crippen molar-refractivity contribution in [1.29, 1.82) is 0 Å². The largest absolute Gasteiger partial charge is 1.00 e. The van der Waals surface area contributed by atoms with E-state index in [1.165, 1.54) is 64.2 Å². The molecule has 0 rings (SSSR count). The van der Waals surface area contributed by atoms with Crippen LogP contribution in [-0.4, -0.2) is 19.6 Å². The van der Waals surface area contributed by atoms with Gasteiger partial charge in [0.15, 0.2) is 0 Å². The summed E-state index contributed by atoms with van der Waals surface area (Å²) in [5.74, 6) is 0.0224. The molecule has 156 valence electrons. The van der Waals surface area contributed by atoms with Gasteiger partial charge in [0.05, 0.1) is 6.61 Å². The van der Waals surface area contributed by atoms with Crippen molar-refractivity contribution >= 4 is 10.4 Å². The van der Waals surface area contributed by atoms with Gasteiger partial charge in [-0.05, 0) is 12.8 Å². The van der Waals surface area contributed by atoms with E-state index in [4.69, 9.17) is 0 Å². The van der Waals surface area contributed by atoms with Gasteiger partial charge >= 0.3 is 29.6 Å². The Morgan fingerprint density at radius 1 is 0.815 bits per heavy atom. The van der Waals surface area contributed by atoms with E-state index in [1.54, 1.807) is 0 Å². The average molecular weight is 413 g/mol. The first-order chi connectivity index (χ1) is 12.5. The molecule has 0 N–H and O–H groups in total.